The summed E-state index contributed by atoms with van der Waals surface area (Å²) in [4.78, 5) is 32.6. The number of nitrogens with zero attached hydrogens (tertiary/aromatic N) is 2. The highest BCUT2D eigenvalue weighted by Gasteiger charge is 2.48. The normalized spacial score (nSPS) is 19.3. The molecule has 1 amide bonds. The number of amides is 1. The fourth-order valence-electron chi connectivity index (χ4n) is 4.42. The van der Waals surface area contributed by atoms with Crippen molar-refractivity contribution in [1.29, 1.82) is 0 Å². The van der Waals surface area contributed by atoms with E-state index in [4.69, 9.17) is 4.74 Å². The summed E-state index contributed by atoms with van der Waals surface area (Å²) in [5.74, 6) is -3.37. The first-order valence-corrected chi connectivity index (χ1v) is 12.5. The van der Waals surface area contributed by atoms with E-state index in [9.17, 15) is 23.5 Å². The molecule has 2 aromatic carbocycles. The van der Waals surface area contributed by atoms with Gasteiger partial charge < -0.3 is 9.84 Å². The Hall–Kier alpha value is -3.63. The second-order valence-corrected chi connectivity index (χ2v) is 10.2. The van der Waals surface area contributed by atoms with E-state index in [1.54, 1.807) is 35.7 Å². The first-order valence-electron chi connectivity index (χ1n) is 10.8. The molecule has 176 valence electrons. The molecule has 4 aromatic rings. The van der Waals surface area contributed by atoms with Crippen molar-refractivity contribution in [2.75, 3.05) is 11.5 Å². The van der Waals surface area contributed by atoms with Gasteiger partial charge in [-0.2, -0.15) is 0 Å². The third-order valence-corrected chi connectivity index (χ3v) is 8.01. The number of aliphatic hydroxyl groups is 1. The molecule has 0 radical (unpaired) electrons. The summed E-state index contributed by atoms with van der Waals surface area (Å²) in [5.41, 5.74) is 1.43. The zero-order valence-corrected chi connectivity index (χ0v) is 19.6. The number of aromatic nitrogens is 1. The lowest BCUT2D eigenvalue weighted by Gasteiger charge is -2.22. The molecule has 6 nitrogen and oxygen atoms in total. The highest BCUT2D eigenvalue weighted by molar-refractivity contribution is 7.22. The van der Waals surface area contributed by atoms with Gasteiger partial charge in [-0.1, -0.05) is 17.4 Å². The number of ketones is 1. The summed E-state index contributed by atoms with van der Waals surface area (Å²) >= 11 is 2.29. The molecule has 2 aromatic heterocycles. The number of aryl methyl sites for hydroxylation is 1. The average Bonchev–Trinajstić information content (AvgIpc) is 3.58. The first-order chi connectivity index (χ1) is 16.9. The van der Waals surface area contributed by atoms with Crippen LogP contribution < -0.4 is 9.64 Å². The molecule has 0 bridgehead atoms. The third-order valence-electron chi connectivity index (χ3n) is 6.06. The number of aliphatic hydroxyl groups excluding tert-OH is 1. The zero-order chi connectivity index (χ0) is 24.3. The molecule has 6 rings (SSSR count). The maximum absolute atomic E-state index is 13.8. The van der Waals surface area contributed by atoms with Gasteiger partial charge in [0.05, 0.1) is 22.4 Å². The Balaban J connectivity index is 1.52. The number of carbonyl (C=O) groups is 2. The predicted molar refractivity (Wildman–Crippen MR) is 129 cm³/mol. The molecule has 2 aliphatic rings. The number of hydrogen-bond donors (Lipinski definition) is 1. The smallest absolute Gasteiger partial charge is 0.301 e. The molecule has 4 heterocycles. The Bertz CT molecular complexity index is 1510. The maximum atomic E-state index is 13.8. The second-order valence-electron chi connectivity index (χ2n) is 8.19. The van der Waals surface area contributed by atoms with Gasteiger partial charge in [-0.3, -0.25) is 14.5 Å². The summed E-state index contributed by atoms with van der Waals surface area (Å²) in [5, 5.41) is 13.2. The lowest BCUT2D eigenvalue weighted by Crippen LogP contribution is -2.28. The van der Waals surface area contributed by atoms with Gasteiger partial charge in [-0.05, 0) is 54.1 Å². The lowest BCUT2D eigenvalue weighted by atomic mass is 9.97. The van der Waals surface area contributed by atoms with E-state index in [-0.39, 0.29) is 22.0 Å². The molecule has 2 aliphatic heterocycles. The standard InChI is InChI=1S/C25H16F2N2O4S2/c26-14-10-16-19(11-15(14)27)35-25(28-16)29-21(18-4-2-8-34-18)20(23(31)24(29)32)22(30)13-5-6-17-12(9-13)3-1-7-33-17/h2,4-6,8-11,21,30H,1,3,7H2/b22-20+. The molecule has 0 aliphatic carbocycles. The SMILES string of the molecule is O=C1C(=O)N(c2nc3cc(F)c(F)cc3s2)C(c2cccs2)/C1=C(\O)c1ccc2c(c1)CCCO2. The number of thiophene rings is 1. The highest BCUT2D eigenvalue weighted by Crippen LogP contribution is 2.45. The number of Topliss-reactive ketones (excluding diaryl/α,β-unsaturated/α-hetero) is 1. The topological polar surface area (TPSA) is 79.7 Å². The van der Waals surface area contributed by atoms with E-state index in [0.29, 0.717) is 21.7 Å². The van der Waals surface area contributed by atoms with Crippen LogP contribution in [0.3, 0.4) is 0 Å². The fourth-order valence-corrected chi connectivity index (χ4v) is 6.25. The van der Waals surface area contributed by atoms with Crippen LogP contribution in [0.15, 0.2) is 53.4 Å². The molecule has 1 fully saturated rings. The monoisotopic (exact) mass is 510 g/mol. The van der Waals surface area contributed by atoms with Crippen LogP contribution in [-0.2, 0) is 16.0 Å². The minimum atomic E-state index is -1.05. The predicted octanol–water partition coefficient (Wildman–Crippen LogP) is 5.59. The van der Waals surface area contributed by atoms with Crippen LogP contribution in [0, 0.1) is 11.6 Å². The number of ether oxygens (including phenoxy) is 1. The van der Waals surface area contributed by atoms with Crippen molar-refractivity contribution >= 4 is 55.5 Å². The molecule has 0 spiro atoms. The van der Waals surface area contributed by atoms with Gasteiger partial charge in [0.1, 0.15) is 17.6 Å². The van der Waals surface area contributed by atoms with Gasteiger partial charge in [0.25, 0.3) is 5.78 Å². The van der Waals surface area contributed by atoms with Gasteiger partial charge in [0, 0.05) is 16.5 Å². The average molecular weight is 511 g/mol. The van der Waals surface area contributed by atoms with E-state index in [2.05, 4.69) is 4.98 Å². The van der Waals surface area contributed by atoms with E-state index in [1.165, 1.54) is 16.2 Å². The Labute approximate surface area is 205 Å². The van der Waals surface area contributed by atoms with Crippen molar-refractivity contribution in [3.05, 3.63) is 81.1 Å². The van der Waals surface area contributed by atoms with Crippen LogP contribution >= 0.6 is 22.7 Å². The van der Waals surface area contributed by atoms with Gasteiger partial charge in [-0.15, -0.1) is 11.3 Å². The van der Waals surface area contributed by atoms with Crippen LogP contribution in [0.2, 0.25) is 0 Å². The van der Waals surface area contributed by atoms with Crippen molar-refractivity contribution in [2.24, 2.45) is 0 Å². The van der Waals surface area contributed by atoms with Crippen LogP contribution in [0.25, 0.3) is 16.0 Å². The molecular weight excluding hydrogens is 494 g/mol. The van der Waals surface area contributed by atoms with Gasteiger partial charge >= 0.3 is 5.91 Å². The largest absolute Gasteiger partial charge is 0.507 e. The number of hydrogen-bond acceptors (Lipinski definition) is 7. The summed E-state index contributed by atoms with van der Waals surface area (Å²) < 4.78 is 33.5. The Kier molecular flexibility index (Phi) is 5.15. The van der Waals surface area contributed by atoms with Crippen LogP contribution in [-0.4, -0.2) is 28.4 Å². The Morgan fingerprint density at radius 1 is 1.14 bits per heavy atom. The van der Waals surface area contributed by atoms with E-state index < -0.39 is 29.4 Å². The van der Waals surface area contributed by atoms with Crippen molar-refractivity contribution < 1.29 is 28.2 Å². The minimum absolute atomic E-state index is 0.0641. The number of halogens is 2. The number of benzene rings is 2. The number of thiazole rings is 1. The summed E-state index contributed by atoms with van der Waals surface area (Å²) in [7, 11) is 0. The van der Waals surface area contributed by atoms with E-state index >= 15 is 0 Å². The summed E-state index contributed by atoms with van der Waals surface area (Å²) in [6.45, 7) is 0.623. The number of rotatable bonds is 3. The maximum Gasteiger partial charge on any atom is 0.301 e. The fraction of sp³-hybridized carbons (Fsp3) is 0.160. The van der Waals surface area contributed by atoms with E-state index in [1.807, 2.05) is 0 Å². The molecular formula is C25H16F2N2O4S2. The Morgan fingerprint density at radius 2 is 1.97 bits per heavy atom. The van der Waals surface area contributed by atoms with Gasteiger partial charge in [0.2, 0.25) is 0 Å². The molecule has 1 unspecified atom stereocenters. The van der Waals surface area contributed by atoms with Crippen molar-refractivity contribution in [2.45, 2.75) is 18.9 Å². The van der Waals surface area contributed by atoms with Crippen LogP contribution in [0.4, 0.5) is 13.9 Å². The number of carbonyl (C=O) groups excluding carboxylic acids is 2. The van der Waals surface area contributed by atoms with E-state index in [0.717, 1.165) is 47.6 Å². The molecule has 10 heteroatoms. The van der Waals surface area contributed by atoms with Crippen molar-refractivity contribution in [1.82, 2.24) is 4.98 Å². The van der Waals surface area contributed by atoms with Gasteiger partial charge in [0.15, 0.2) is 16.8 Å². The van der Waals surface area contributed by atoms with Crippen molar-refractivity contribution in [3.63, 3.8) is 0 Å². The highest BCUT2D eigenvalue weighted by atomic mass is 32.1. The minimum Gasteiger partial charge on any atom is -0.507 e. The third kappa shape index (κ3) is 3.52. The zero-order valence-electron chi connectivity index (χ0n) is 18.0. The Morgan fingerprint density at radius 3 is 2.77 bits per heavy atom. The lowest BCUT2D eigenvalue weighted by molar-refractivity contribution is -0.132. The van der Waals surface area contributed by atoms with Gasteiger partial charge in [-0.25, -0.2) is 13.8 Å². The molecule has 1 saturated heterocycles. The molecule has 1 N–H and O–H groups in total. The van der Waals surface area contributed by atoms with Crippen molar-refractivity contribution in [3.8, 4) is 5.75 Å². The second kappa shape index (κ2) is 8.24. The molecule has 0 saturated carbocycles. The van der Waals surface area contributed by atoms with Crippen LogP contribution in [0.1, 0.15) is 28.5 Å². The molecule has 1 atom stereocenters. The van der Waals surface area contributed by atoms with Crippen LogP contribution in [0.5, 0.6) is 5.75 Å². The summed E-state index contributed by atoms with van der Waals surface area (Å²) in [6.07, 6.45) is 1.62. The quantitative estimate of drug-likeness (QED) is 0.221. The number of anilines is 1. The first kappa shape index (κ1) is 21.9. The summed E-state index contributed by atoms with van der Waals surface area (Å²) in [6, 6.07) is 9.74. The number of fused-ring (bicyclic) bond motifs is 2. The molecule has 35 heavy (non-hydrogen) atoms.